The lowest BCUT2D eigenvalue weighted by atomic mass is 9.99. The first-order valence-corrected chi connectivity index (χ1v) is 8.52. The van der Waals surface area contributed by atoms with E-state index in [-0.39, 0.29) is 10.8 Å². The topological polar surface area (TPSA) is 83.5 Å². The smallest absolute Gasteiger partial charge is 0.322 e. The maximum Gasteiger partial charge on any atom is 0.322 e. The van der Waals surface area contributed by atoms with Crippen LogP contribution in [0, 0.1) is 5.92 Å². The molecule has 118 valence electrons. The second-order valence-electron chi connectivity index (χ2n) is 5.56. The molecule has 0 fully saturated rings. The monoisotopic (exact) mass is 313 g/mol. The molecule has 21 heavy (non-hydrogen) atoms. The fourth-order valence-corrected chi connectivity index (χ4v) is 3.26. The third-order valence-corrected chi connectivity index (χ3v) is 5.04. The highest BCUT2D eigenvalue weighted by Gasteiger charge is 2.27. The minimum Gasteiger partial charge on any atom is -0.480 e. The molecule has 0 saturated heterocycles. The van der Waals surface area contributed by atoms with Crippen LogP contribution in [-0.4, -0.2) is 25.5 Å². The number of benzene rings is 1. The molecule has 1 aromatic rings. The normalized spacial score (nSPS) is 14.9. The lowest BCUT2D eigenvalue weighted by Gasteiger charge is -2.18. The number of hydrogen-bond acceptors (Lipinski definition) is 3. The van der Waals surface area contributed by atoms with Gasteiger partial charge in [0.05, 0.1) is 4.90 Å². The number of carboxylic acid groups (broad SMARTS) is 1. The standard InChI is InChI=1S/C15H23NO4S/c1-5-11(4)12-6-8-13(9-7-12)21(19,20)16-14(10(2)3)15(17)18/h6-11,14,16H,5H2,1-4H3,(H,17,18)/t11?,14-/m1/s1. The Hall–Kier alpha value is -1.40. The number of hydrogen-bond donors (Lipinski definition) is 2. The molecule has 5 nitrogen and oxygen atoms in total. The Kier molecular flexibility index (Phi) is 5.92. The van der Waals surface area contributed by atoms with Gasteiger partial charge in [0.25, 0.3) is 0 Å². The van der Waals surface area contributed by atoms with E-state index < -0.39 is 22.0 Å². The molecule has 0 aromatic heterocycles. The van der Waals surface area contributed by atoms with Gasteiger partial charge in [0.15, 0.2) is 0 Å². The SMILES string of the molecule is CCC(C)c1ccc(S(=O)(=O)N[C@@H](C(=O)O)C(C)C)cc1. The first-order chi connectivity index (χ1) is 9.69. The summed E-state index contributed by atoms with van der Waals surface area (Å²) in [5.41, 5.74) is 1.06. The minimum absolute atomic E-state index is 0.0847. The predicted octanol–water partition coefficient (Wildman–Crippen LogP) is 2.59. The summed E-state index contributed by atoms with van der Waals surface area (Å²) < 4.78 is 26.7. The van der Waals surface area contributed by atoms with Gasteiger partial charge in [-0.25, -0.2) is 8.42 Å². The molecule has 0 amide bonds. The van der Waals surface area contributed by atoms with Gasteiger partial charge in [0.1, 0.15) is 6.04 Å². The molecule has 0 heterocycles. The lowest BCUT2D eigenvalue weighted by molar-refractivity contribution is -0.140. The van der Waals surface area contributed by atoms with E-state index in [0.717, 1.165) is 12.0 Å². The lowest BCUT2D eigenvalue weighted by Crippen LogP contribution is -2.44. The van der Waals surface area contributed by atoms with Gasteiger partial charge < -0.3 is 5.11 Å². The average molecular weight is 313 g/mol. The van der Waals surface area contributed by atoms with Crippen LogP contribution in [0.4, 0.5) is 0 Å². The van der Waals surface area contributed by atoms with Crippen LogP contribution in [0.5, 0.6) is 0 Å². The van der Waals surface area contributed by atoms with Crippen LogP contribution >= 0.6 is 0 Å². The van der Waals surface area contributed by atoms with Crippen molar-refractivity contribution < 1.29 is 18.3 Å². The first kappa shape index (κ1) is 17.7. The average Bonchev–Trinajstić information content (AvgIpc) is 2.43. The van der Waals surface area contributed by atoms with Crippen molar-refractivity contribution in [1.82, 2.24) is 4.72 Å². The predicted molar refractivity (Wildman–Crippen MR) is 81.7 cm³/mol. The van der Waals surface area contributed by atoms with Gasteiger partial charge in [-0.3, -0.25) is 4.79 Å². The molecule has 0 aliphatic rings. The number of carbonyl (C=O) groups is 1. The molecule has 2 N–H and O–H groups in total. The summed E-state index contributed by atoms with van der Waals surface area (Å²) in [5, 5.41) is 9.08. The highest BCUT2D eigenvalue weighted by atomic mass is 32.2. The number of sulfonamides is 1. The summed E-state index contributed by atoms with van der Waals surface area (Å²) in [4.78, 5) is 11.2. The zero-order valence-electron chi connectivity index (χ0n) is 12.8. The first-order valence-electron chi connectivity index (χ1n) is 7.04. The van der Waals surface area contributed by atoms with Crippen molar-refractivity contribution in [1.29, 1.82) is 0 Å². The summed E-state index contributed by atoms with van der Waals surface area (Å²) >= 11 is 0. The Morgan fingerprint density at radius 1 is 1.19 bits per heavy atom. The molecule has 0 spiro atoms. The zero-order chi connectivity index (χ0) is 16.2. The van der Waals surface area contributed by atoms with Crippen LogP contribution < -0.4 is 4.72 Å². The van der Waals surface area contributed by atoms with Crippen molar-refractivity contribution in [2.45, 2.75) is 51.0 Å². The van der Waals surface area contributed by atoms with Gasteiger partial charge in [-0.05, 0) is 36.0 Å². The molecule has 0 aliphatic heterocycles. The van der Waals surface area contributed by atoms with Gasteiger partial charge in [-0.2, -0.15) is 4.72 Å². The van der Waals surface area contributed by atoms with Gasteiger partial charge in [0, 0.05) is 0 Å². The second-order valence-corrected chi connectivity index (χ2v) is 7.27. The van der Waals surface area contributed by atoms with Crippen LogP contribution in [0.3, 0.4) is 0 Å². The van der Waals surface area contributed by atoms with E-state index in [4.69, 9.17) is 5.11 Å². The summed E-state index contributed by atoms with van der Waals surface area (Å²) in [6.45, 7) is 7.46. The van der Waals surface area contributed by atoms with Crippen molar-refractivity contribution in [2.75, 3.05) is 0 Å². The van der Waals surface area contributed by atoms with Gasteiger partial charge in [-0.1, -0.05) is 39.8 Å². The molecule has 1 rings (SSSR count). The van der Waals surface area contributed by atoms with Crippen LogP contribution in [0.1, 0.15) is 45.6 Å². The Balaban J connectivity index is 3.00. The molecular formula is C15H23NO4S. The Morgan fingerprint density at radius 2 is 1.71 bits per heavy atom. The molecule has 0 saturated carbocycles. The largest absolute Gasteiger partial charge is 0.480 e. The molecule has 1 aromatic carbocycles. The fraction of sp³-hybridized carbons (Fsp3) is 0.533. The van der Waals surface area contributed by atoms with Crippen LogP contribution in [0.2, 0.25) is 0 Å². The maximum absolute atomic E-state index is 12.2. The van der Waals surface area contributed by atoms with Crippen LogP contribution in [-0.2, 0) is 14.8 Å². The van der Waals surface area contributed by atoms with Gasteiger partial charge >= 0.3 is 5.97 Å². The van der Waals surface area contributed by atoms with E-state index in [0.29, 0.717) is 5.92 Å². The van der Waals surface area contributed by atoms with E-state index >= 15 is 0 Å². The van der Waals surface area contributed by atoms with Crippen molar-refractivity contribution in [3.05, 3.63) is 29.8 Å². The van der Waals surface area contributed by atoms with E-state index in [1.165, 1.54) is 12.1 Å². The fourth-order valence-electron chi connectivity index (χ4n) is 1.92. The quantitative estimate of drug-likeness (QED) is 0.810. The van der Waals surface area contributed by atoms with E-state index in [2.05, 4.69) is 18.6 Å². The minimum atomic E-state index is -3.83. The van der Waals surface area contributed by atoms with Gasteiger partial charge in [0.2, 0.25) is 10.0 Å². The number of rotatable bonds is 7. The third-order valence-electron chi connectivity index (χ3n) is 3.59. The zero-order valence-corrected chi connectivity index (χ0v) is 13.6. The highest BCUT2D eigenvalue weighted by molar-refractivity contribution is 7.89. The van der Waals surface area contributed by atoms with E-state index in [1.807, 2.05) is 0 Å². The summed E-state index contributed by atoms with van der Waals surface area (Å²) in [7, 11) is -3.83. The number of carboxylic acids is 1. The van der Waals surface area contributed by atoms with Crippen LogP contribution in [0.15, 0.2) is 29.2 Å². The van der Waals surface area contributed by atoms with Crippen molar-refractivity contribution in [2.24, 2.45) is 5.92 Å². The molecule has 2 atom stereocenters. The third kappa shape index (κ3) is 4.54. The Labute approximate surface area is 126 Å². The van der Waals surface area contributed by atoms with Crippen molar-refractivity contribution >= 4 is 16.0 Å². The molecule has 0 radical (unpaired) electrons. The molecule has 1 unspecified atom stereocenters. The highest BCUT2D eigenvalue weighted by Crippen LogP contribution is 2.20. The second kappa shape index (κ2) is 7.04. The van der Waals surface area contributed by atoms with E-state index in [9.17, 15) is 13.2 Å². The Morgan fingerprint density at radius 3 is 2.10 bits per heavy atom. The Bertz CT molecular complexity index is 578. The van der Waals surface area contributed by atoms with Crippen molar-refractivity contribution in [3.8, 4) is 0 Å². The number of nitrogens with one attached hydrogen (secondary N) is 1. The summed E-state index contributed by atoms with van der Waals surface area (Å²) in [6.07, 6.45) is 0.971. The summed E-state index contributed by atoms with van der Waals surface area (Å²) in [5.74, 6) is -1.15. The maximum atomic E-state index is 12.2. The van der Waals surface area contributed by atoms with E-state index in [1.54, 1.807) is 26.0 Å². The summed E-state index contributed by atoms with van der Waals surface area (Å²) in [6, 6.07) is 5.44. The van der Waals surface area contributed by atoms with Gasteiger partial charge in [-0.15, -0.1) is 0 Å². The van der Waals surface area contributed by atoms with Crippen molar-refractivity contribution in [3.63, 3.8) is 0 Å². The number of aliphatic carboxylic acids is 1. The molecule has 6 heteroatoms. The van der Waals surface area contributed by atoms with Crippen LogP contribution in [0.25, 0.3) is 0 Å². The molecular weight excluding hydrogens is 290 g/mol. The molecule has 0 aliphatic carbocycles. The molecule has 0 bridgehead atoms.